The third kappa shape index (κ3) is 5.77. The van der Waals surface area contributed by atoms with Crippen LogP contribution in [-0.2, 0) is 17.9 Å². The highest BCUT2D eigenvalue weighted by Gasteiger charge is 2.16. The molecule has 1 aromatic rings. The SMILES string of the molecule is CCCN(Cc1ccc(COC)cc1)CC1CCCNC1. The summed E-state index contributed by atoms with van der Waals surface area (Å²) in [4.78, 5) is 2.61. The van der Waals surface area contributed by atoms with Gasteiger partial charge in [-0.05, 0) is 55.9 Å². The average Bonchev–Trinajstić information content (AvgIpc) is 2.51. The molecule has 0 aliphatic carbocycles. The van der Waals surface area contributed by atoms with Gasteiger partial charge in [0.25, 0.3) is 0 Å². The zero-order valence-electron chi connectivity index (χ0n) is 13.6. The number of ether oxygens (including phenoxy) is 1. The first kappa shape index (κ1) is 16.5. The molecule has 21 heavy (non-hydrogen) atoms. The first-order valence-corrected chi connectivity index (χ1v) is 8.31. The molecule has 0 spiro atoms. The van der Waals surface area contributed by atoms with Crippen molar-refractivity contribution in [2.24, 2.45) is 5.92 Å². The lowest BCUT2D eigenvalue weighted by molar-refractivity contribution is 0.184. The van der Waals surface area contributed by atoms with Crippen LogP contribution < -0.4 is 5.32 Å². The van der Waals surface area contributed by atoms with E-state index in [9.17, 15) is 0 Å². The van der Waals surface area contributed by atoms with Gasteiger partial charge in [0.15, 0.2) is 0 Å². The van der Waals surface area contributed by atoms with Crippen molar-refractivity contribution in [1.29, 1.82) is 0 Å². The van der Waals surface area contributed by atoms with Crippen LogP contribution in [0.1, 0.15) is 37.3 Å². The van der Waals surface area contributed by atoms with Crippen molar-refractivity contribution in [3.63, 3.8) is 0 Å². The largest absolute Gasteiger partial charge is 0.380 e. The third-order valence-electron chi connectivity index (χ3n) is 4.20. The normalized spacial score (nSPS) is 19.1. The predicted molar refractivity (Wildman–Crippen MR) is 88.3 cm³/mol. The number of benzene rings is 1. The van der Waals surface area contributed by atoms with Crippen molar-refractivity contribution < 1.29 is 4.74 Å². The summed E-state index contributed by atoms with van der Waals surface area (Å²) in [6.07, 6.45) is 3.93. The molecule has 1 atom stereocenters. The summed E-state index contributed by atoms with van der Waals surface area (Å²) < 4.78 is 5.17. The first-order valence-electron chi connectivity index (χ1n) is 8.31. The van der Waals surface area contributed by atoms with Crippen LogP contribution in [0.5, 0.6) is 0 Å². The highest BCUT2D eigenvalue weighted by atomic mass is 16.5. The number of nitrogens with one attached hydrogen (secondary N) is 1. The number of hydrogen-bond donors (Lipinski definition) is 1. The summed E-state index contributed by atoms with van der Waals surface area (Å²) in [5.41, 5.74) is 2.66. The molecule has 2 rings (SSSR count). The van der Waals surface area contributed by atoms with E-state index in [0.717, 1.165) is 12.5 Å². The molecule has 3 nitrogen and oxygen atoms in total. The van der Waals surface area contributed by atoms with Gasteiger partial charge in [-0.15, -0.1) is 0 Å². The Morgan fingerprint density at radius 1 is 1.24 bits per heavy atom. The van der Waals surface area contributed by atoms with Gasteiger partial charge in [0.2, 0.25) is 0 Å². The monoisotopic (exact) mass is 290 g/mol. The summed E-state index contributed by atoms with van der Waals surface area (Å²) in [6, 6.07) is 8.86. The smallest absolute Gasteiger partial charge is 0.0713 e. The molecule has 0 radical (unpaired) electrons. The van der Waals surface area contributed by atoms with Crippen LogP contribution in [0.3, 0.4) is 0 Å². The Bertz CT molecular complexity index is 385. The van der Waals surface area contributed by atoms with Crippen molar-refractivity contribution in [3.05, 3.63) is 35.4 Å². The van der Waals surface area contributed by atoms with E-state index < -0.39 is 0 Å². The Labute approximate surface area is 129 Å². The topological polar surface area (TPSA) is 24.5 Å². The van der Waals surface area contributed by atoms with E-state index in [4.69, 9.17) is 4.74 Å². The van der Waals surface area contributed by atoms with E-state index >= 15 is 0 Å². The van der Waals surface area contributed by atoms with Crippen LogP contribution in [0, 0.1) is 5.92 Å². The fourth-order valence-corrected chi connectivity index (χ4v) is 3.16. The van der Waals surface area contributed by atoms with E-state index in [-0.39, 0.29) is 0 Å². The maximum Gasteiger partial charge on any atom is 0.0713 e. The molecular formula is C18H30N2O. The van der Waals surface area contributed by atoms with Crippen LogP contribution in [0.25, 0.3) is 0 Å². The molecule has 1 aliphatic rings. The lowest BCUT2D eigenvalue weighted by Crippen LogP contribution is -2.38. The maximum absolute atomic E-state index is 5.17. The summed E-state index contributed by atoms with van der Waals surface area (Å²) in [5.74, 6) is 0.818. The summed E-state index contributed by atoms with van der Waals surface area (Å²) >= 11 is 0. The molecular weight excluding hydrogens is 260 g/mol. The molecule has 118 valence electrons. The minimum Gasteiger partial charge on any atom is -0.380 e. The van der Waals surface area contributed by atoms with Crippen molar-refractivity contribution in [3.8, 4) is 0 Å². The lowest BCUT2D eigenvalue weighted by Gasteiger charge is -2.30. The molecule has 0 aromatic heterocycles. The van der Waals surface area contributed by atoms with Gasteiger partial charge in [-0.2, -0.15) is 0 Å². The standard InChI is InChI=1S/C18H30N2O/c1-3-11-20(14-18-5-4-10-19-12-18)13-16-6-8-17(9-7-16)15-21-2/h6-9,18-19H,3-5,10-15H2,1-2H3. The van der Waals surface area contributed by atoms with Crippen LogP contribution >= 0.6 is 0 Å². The van der Waals surface area contributed by atoms with E-state index in [1.165, 1.54) is 56.6 Å². The first-order chi connectivity index (χ1) is 10.3. The number of nitrogens with zero attached hydrogens (tertiary/aromatic N) is 1. The minimum absolute atomic E-state index is 0.701. The lowest BCUT2D eigenvalue weighted by atomic mass is 9.98. The highest BCUT2D eigenvalue weighted by Crippen LogP contribution is 2.15. The third-order valence-corrected chi connectivity index (χ3v) is 4.20. The molecule has 1 unspecified atom stereocenters. The molecule has 0 bridgehead atoms. The van der Waals surface area contributed by atoms with Gasteiger partial charge in [-0.25, -0.2) is 0 Å². The number of piperidine rings is 1. The Kier molecular flexibility index (Phi) is 7.20. The molecule has 1 N–H and O–H groups in total. The molecule has 1 aliphatic heterocycles. The van der Waals surface area contributed by atoms with E-state index in [0.29, 0.717) is 6.61 Å². The number of methoxy groups -OCH3 is 1. The van der Waals surface area contributed by atoms with Gasteiger partial charge in [0.05, 0.1) is 6.61 Å². The van der Waals surface area contributed by atoms with Gasteiger partial charge in [0, 0.05) is 20.2 Å². The van der Waals surface area contributed by atoms with Crippen LogP contribution in [-0.4, -0.2) is 38.2 Å². The molecule has 3 heteroatoms. The second kappa shape index (κ2) is 9.19. The molecule has 1 fully saturated rings. The Hall–Kier alpha value is -0.900. The van der Waals surface area contributed by atoms with Crippen molar-refractivity contribution >= 4 is 0 Å². The Balaban J connectivity index is 1.88. The van der Waals surface area contributed by atoms with E-state index in [1.807, 2.05) is 0 Å². The van der Waals surface area contributed by atoms with Gasteiger partial charge in [-0.3, -0.25) is 4.90 Å². The highest BCUT2D eigenvalue weighted by molar-refractivity contribution is 5.22. The maximum atomic E-state index is 5.17. The van der Waals surface area contributed by atoms with Crippen molar-refractivity contribution in [2.75, 3.05) is 33.3 Å². The molecule has 1 saturated heterocycles. The second-order valence-electron chi connectivity index (χ2n) is 6.20. The van der Waals surface area contributed by atoms with Crippen LogP contribution in [0.2, 0.25) is 0 Å². The fraction of sp³-hybridized carbons (Fsp3) is 0.667. The fourth-order valence-electron chi connectivity index (χ4n) is 3.16. The second-order valence-corrected chi connectivity index (χ2v) is 6.20. The summed E-state index contributed by atoms with van der Waals surface area (Å²) in [5, 5.41) is 3.53. The summed E-state index contributed by atoms with van der Waals surface area (Å²) in [7, 11) is 1.75. The summed E-state index contributed by atoms with van der Waals surface area (Å²) in [6.45, 7) is 8.84. The Morgan fingerprint density at radius 3 is 2.62 bits per heavy atom. The van der Waals surface area contributed by atoms with E-state index in [1.54, 1.807) is 7.11 Å². The minimum atomic E-state index is 0.701. The van der Waals surface area contributed by atoms with Gasteiger partial charge in [0.1, 0.15) is 0 Å². The zero-order chi connectivity index (χ0) is 14.9. The molecule has 1 heterocycles. The molecule has 0 amide bonds. The predicted octanol–water partition coefficient (Wildman–Crippen LogP) is 3.04. The molecule has 1 aromatic carbocycles. The molecule has 0 saturated carbocycles. The van der Waals surface area contributed by atoms with Crippen molar-refractivity contribution in [2.45, 2.75) is 39.3 Å². The number of hydrogen-bond acceptors (Lipinski definition) is 3. The average molecular weight is 290 g/mol. The van der Waals surface area contributed by atoms with Gasteiger partial charge < -0.3 is 10.1 Å². The zero-order valence-corrected chi connectivity index (χ0v) is 13.6. The van der Waals surface area contributed by atoms with Gasteiger partial charge in [-0.1, -0.05) is 31.2 Å². The van der Waals surface area contributed by atoms with Gasteiger partial charge >= 0.3 is 0 Å². The van der Waals surface area contributed by atoms with Crippen LogP contribution in [0.4, 0.5) is 0 Å². The van der Waals surface area contributed by atoms with Crippen molar-refractivity contribution in [1.82, 2.24) is 10.2 Å². The number of rotatable bonds is 8. The Morgan fingerprint density at radius 2 is 2.00 bits per heavy atom. The van der Waals surface area contributed by atoms with E-state index in [2.05, 4.69) is 41.4 Å². The van der Waals surface area contributed by atoms with Crippen LogP contribution in [0.15, 0.2) is 24.3 Å². The quantitative estimate of drug-likeness (QED) is 0.796.